The molecule has 1 atom stereocenters. The molecular formula is C19H26FN3O. The van der Waals surface area contributed by atoms with Gasteiger partial charge in [0.25, 0.3) is 5.91 Å². The number of nitrogens with one attached hydrogen (secondary N) is 1. The van der Waals surface area contributed by atoms with Crippen LogP contribution in [-0.2, 0) is 0 Å². The Morgan fingerprint density at radius 2 is 1.79 bits per heavy atom. The van der Waals surface area contributed by atoms with Crippen molar-refractivity contribution in [2.75, 3.05) is 0 Å². The number of carbonyl (C=O) groups excluding carboxylic acids is 1. The second-order valence-corrected chi connectivity index (χ2v) is 6.78. The summed E-state index contributed by atoms with van der Waals surface area (Å²) < 4.78 is 14.8. The number of benzene rings is 1. The van der Waals surface area contributed by atoms with Crippen LogP contribution < -0.4 is 5.32 Å². The first kappa shape index (κ1) is 18.2. The summed E-state index contributed by atoms with van der Waals surface area (Å²) in [6.45, 7) is 10.1. The van der Waals surface area contributed by atoms with E-state index in [2.05, 4.69) is 24.3 Å². The summed E-state index contributed by atoms with van der Waals surface area (Å²) in [4.78, 5) is 12.6. The third-order valence-corrected chi connectivity index (χ3v) is 4.14. The Bertz CT molecular complexity index is 704. The van der Waals surface area contributed by atoms with Crippen molar-refractivity contribution < 1.29 is 9.18 Å². The number of rotatable bonds is 6. The maximum atomic E-state index is 13.1. The number of hydrogen-bond acceptors (Lipinski definition) is 2. The van der Waals surface area contributed by atoms with E-state index in [9.17, 15) is 9.18 Å². The molecule has 5 heteroatoms. The lowest BCUT2D eigenvalue weighted by atomic mass is 10.0. The number of halogens is 1. The maximum Gasteiger partial charge on any atom is 0.255 e. The molecule has 2 aromatic rings. The van der Waals surface area contributed by atoms with Crippen LogP contribution in [0.5, 0.6) is 0 Å². The second-order valence-electron chi connectivity index (χ2n) is 6.78. The highest BCUT2D eigenvalue weighted by molar-refractivity contribution is 5.96. The number of nitrogens with zero attached hydrogens (tertiary/aromatic N) is 2. The molecule has 1 aromatic heterocycles. The fourth-order valence-electron chi connectivity index (χ4n) is 2.76. The van der Waals surface area contributed by atoms with Crippen molar-refractivity contribution in [2.45, 2.75) is 53.5 Å². The van der Waals surface area contributed by atoms with Crippen LogP contribution in [0.3, 0.4) is 0 Å². The summed E-state index contributed by atoms with van der Waals surface area (Å²) in [5.74, 6) is 0.223. The molecule has 4 nitrogen and oxygen atoms in total. The van der Waals surface area contributed by atoms with Gasteiger partial charge in [0.15, 0.2) is 0 Å². The van der Waals surface area contributed by atoms with Gasteiger partial charge in [0, 0.05) is 6.04 Å². The van der Waals surface area contributed by atoms with Gasteiger partial charge >= 0.3 is 0 Å². The molecule has 0 aliphatic rings. The van der Waals surface area contributed by atoms with Gasteiger partial charge in [-0.3, -0.25) is 4.79 Å². The molecule has 0 radical (unpaired) electrons. The summed E-state index contributed by atoms with van der Waals surface area (Å²) >= 11 is 0. The Kier molecular flexibility index (Phi) is 5.75. The zero-order chi connectivity index (χ0) is 17.9. The van der Waals surface area contributed by atoms with Gasteiger partial charge < -0.3 is 5.32 Å². The molecule has 1 heterocycles. The van der Waals surface area contributed by atoms with E-state index in [1.807, 2.05) is 20.8 Å². The second kappa shape index (κ2) is 7.60. The predicted molar refractivity (Wildman–Crippen MR) is 94.0 cm³/mol. The molecule has 0 fully saturated rings. The number of amides is 1. The Balaban J connectivity index is 2.19. The van der Waals surface area contributed by atoms with Crippen molar-refractivity contribution in [2.24, 2.45) is 5.92 Å². The Morgan fingerprint density at radius 1 is 1.17 bits per heavy atom. The minimum atomic E-state index is -0.294. The van der Waals surface area contributed by atoms with Gasteiger partial charge in [-0.05, 0) is 63.8 Å². The molecule has 0 saturated heterocycles. The summed E-state index contributed by atoms with van der Waals surface area (Å²) in [6, 6.07) is 6.20. The number of aryl methyl sites for hydroxylation is 1. The lowest BCUT2D eigenvalue weighted by Gasteiger charge is -2.15. The SMILES string of the molecule is Cc1nn(-c2ccc(F)cc2)c(C)c1C(=O)NC(C)CCC(C)C. The normalized spacial score (nSPS) is 12.5. The average Bonchev–Trinajstić information content (AvgIpc) is 2.81. The van der Waals surface area contributed by atoms with Crippen molar-refractivity contribution in [1.82, 2.24) is 15.1 Å². The van der Waals surface area contributed by atoms with Gasteiger partial charge in [-0.25, -0.2) is 9.07 Å². The lowest BCUT2D eigenvalue weighted by molar-refractivity contribution is 0.0936. The lowest BCUT2D eigenvalue weighted by Crippen LogP contribution is -2.33. The van der Waals surface area contributed by atoms with Crippen LogP contribution in [0.15, 0.2) is 24.3 Å². The van der Waals surface area contributed by atoms with E-state index in [1.54, 1.807) is 16.8 Å². The van der Waals surface area contributed by atoms with E-state index in [0.717, 1.165) is 24.2 Å². The number of aromatic nitrogens is 2. The van der Waals surface area contributed by atoms with E-state index >= 15 is 0 Å². The highest BCUT2D eigenvalue weighted by Crippen LogP contribution is 2.19. The summed E-state index contributed by atoms with van der Waals surface area (Å²) in [5.41, 5.74) is 2.76. The van der Waals surface area contributed by atoms with Crippen molar-refractivity contribution in [3.63, 3.8) is 0 Å². The highest BCUT2D eigenvalue weighted by atomic mass is 19.1. The zero-order valence-corrected chi connectivity index (χ0v) is 15.1. The van der Waals surface area contributed by atoms with E-state index in [4.69, 9.17) is 0 Å². The van der Waals surface area contributed by atoms with Gasteiger partial charge in [0.1, 0.15) is 5.82 Å². The molecule has 24 heavy (non-hydrogen) atoms. The van der Waals surface area contributed by atoms with Crippen LogP contribution in [0.25, 0.3) is 5.69 Å². The molecule has 2 rings (SSSR count). The molecule has 130 valence electrons. The maximum absolute atomic E-state index is 13.1. The van der Waals surface area contributed by atoms with E-state index < -0.39 is 0 Å². The Morgan fingerprint density at radius 3 is 2.38 bits per heavy atom. The quantitative estimate of drug-likeness (QED) is 0.863. The van der Waals surface area contributed by atoms with E-state index in [-0.39, 0.29) is 17.8 Å². The van der Waals surface area contributed by atoms with Gasteiger partial charge in [0.2, 0.25) is 0 Å². The van der Waals surface area contributed by atoms with Crippen molar-refractivity contribution in [1.29, 1.82) is 0 Å². The average molecular weight is 331 g/mol. The number of carbonyl (C=O) groups is 1. The highest BCUT2D eigenvalue weighted by Gasteiger charge is 2.20. The molecule has 1 unspecified atom stereocenters. The zero-order valence-electron chi connectivity index (χ0n) is 15.1. The standard InChI is InChI=1S/C19H26FN3O/c1-12(2)6-7-13(3)21-19(24)18-14(4)22-23(15(18)5)17-10-8-16(20)9-11-17/h8-13H,6-7H2,1-5H3,(H,21,24). The fourth-order valence-corrected chi connectivity index (χ4v) is 2.76. The Labute approximate surface area is 143 Å². The molecule has 1 aromatic carbocycles. The first-order valence-electron chi connectivity index (χ1n) is 8.42. The third kappa shape index (κ3) is 4.22. The number of hydrogen-bond donors (Lipinski definition) is 1. The minimum Gasteiger partial charge on any atom is -0.349 e. The fraction of sp³-hybridized carbons (Fsp3) is 0.474. The van der Waals surface area contributed by atoms with Crippen molar-refractivity contribution >= 4 is 5.91 Å². The predicted octanol–water partition coefficient (Wildman–Crippen LogP) is 4.18. The van der Waals surface area contributed by atoms with Crippen LogP contribution in [0.2, 0.25) is 0 Å². The summed E-state index contributed by atoms with van der Waals surface area (Å²) in [7, 11) is 0. The molecule has 0 aliphatic heterocycles. The minimum absolute atomic E-state index is 0.102. The molecule has 1 N–H and O–H groups in total. The molecule has 0 aliphatic carbocycles. The van der Waals surface area contributed by atoms with Crippen LogP contribution in [0.4, 0.5) is 4.39 Å². The van der Waals surface area contributed by atoms with Crippen molar-refractivity contribution in [3.05, 3.63) is 47.0 Å². The summed E-state index contributed by atoms with van der Waals surface area (Å²) in [5, 5.41) is 7.50. The molecular weight excluding hydrogens is 305 g/mol. The largest absolute Gasteiger partial charge is 0.349 e. The van der Waals surface area contributed by atoms with Crippen LogP contribution in [-0.4, -0.2) is 21.7 Å². The molecule has 1 amide bonds. The van der Waals surface area contributed by atoms with Crippen LogP contribution in [0.1, 0.15) is 55.4 Å². The molecule has 0 saturated carbocycles. The van der Waals surface area contributed by atoms with Crippen molar-refractivity contribution in [3.8, 4) is 5.69 Å². The summed E-state index contributed by atoms with van der Waals surface area (Å²) in [6.07, 6.45) is 2.03. The third-order valence-electron chi connectivity index (χ3n) is 4.14. The topological polar surface area (TPSA) is 46.9 Å². The van der Waals surface area contributed by atoms with E-state index in [0.29, 0.717) is 17.2 Å². The van der Waals surface area contributed by atoms with Gasteiger partial charge in [-0.2, -0.15) is 5.10 Å². The monoisotopic (exact) mass is 331 g/mol. The van der Waals surface area contributed by atoms with Gasteiger partial charge in [-0.1, -0.05) is 13.8 Å². The van der Waals surface area contributed by atoms with Gasteiger partial charge in [-0.15, -0.1) is 0 Å². The smallest absolute Gasteiger partial charge is 0.255 e. The van der Waals surface area contributed by atoms with Crippen LogP contribution >= 0.6 is 0 Å². The van der Waals surface area contributed by atoms with Gasteiger partial charge in [0.05, 0.1) is 22.6 Å². The molecule has 0 spiro atoms. The Hall–Kier alpha value is -2.17. The molecule has 0 bridgehead atoms. The first-order chi connectivity index (χ1) is 11.3. The van der Waals surface area contributed by atoms with E-state index in [1.165, 1.54) is 12.1 Å². The van der Waals surface area contributed by atoms with Crippen LogP contribution in [0, 0.1) is 25.6 Å². The first-order valence-corrected chi connectivity index (χ1v) is 8.42.